The van der Waals surface area contributed by atoms with Gasteiger partial charge < -0.3 is 9.88 Å². The lowest BCUT2D eigenvalue weighted by atomic mass is 10.2. The highest BCUT2D eigenvalue weighted by Crippen LogP contribution is 2.26. The molecular formula is C20H15ClN4OS. The van der Waals surface area contributed by atoms with Gasteiger partial charge >= 0.3 is 0 Å². The molecule has 0 spiro atoms. The van der Waals surface area contributed by atoms with Crippen LogP contribution in [0.3, 0.4) is 0 Å². The zero-order valence-electron chi connectivity index (χ0n) is 14.4. The van der Waals surface area contributed by atoms with E-state index in [0.29, 0.717) is 16.4 Å². The summed E-state index contributed by atoms with van der Waals surface area (Å²) in [6.07, 6.45) is 1.97. The predicted molar refractivity (Wildman–Crippen MR) is 109 cm³/mol. The second kappa shape index (κ2) is 7.34. The SMILES string of the molecule is Cn1cc(-c2cccc(Cl)c2)nc1-c1ccc(NC(=O)c2cscn2)cc1. The Kier molecular flexibility index (Phi) is 4.75. The van der Waals surface area contributed by atoms with Crippen molar-refractivity contribution in [3.63, 3.8) is 0 Å². The molecule has 2 aromatic carbocycles. The van der Waals surface area contributed by atoms with Gasteiger partial charge in [-0.15, -0.1) is 11.3 Å². The predicted octanol–water partition coefficient (Wildman–Crippen LogP) is 5.12. The van der Waals surface area contributed by atoms with E-state index in [1.807, 2.05) is 66.3 Å². The minimum atomic E-state index is -0.218. The van der Waals surface area contributed by atoms with Crippen molar-refractivity contribution in [1.82, 2.24) is 14.5 Å². The monoisotopic (exact) mass is 394 g/mol. The maximum absolute atomic E-state index is 12.1. The molecule has 0 atom stereocenters. The fraction of sp³-hybridized carbons (Fsp3) is 0.0500. The van der Waals surface area contributed by atoms with Crippen LogP contribution < -0.4 is 5.32 Å². The fourth-order valence-corrected chi connectivity index (χ4v) is 3.47. The summed E-state index contributed by atoms with van der Waals surface area (Å²) in [6, 6.07) is 15.2. The number of thiazole rings is 1. The molecule has 2 aromatic heterocycles. The molecule has 0 fully saturated rings. The Bertz CT molecular complexity index is 1090. The summed E-state index contributed by atoms with van der Waals surface area (Å²) in [5.41, 5.74) is 5.54. The largest absolute Gasteiger partial charge is 0.333 e. The van der Waals surface area contributed by atoms with Gasteiger partial charge in [0.2, 0.25) is 0 Å². The summed E-state index contributed by atoms with van der Waals surface area (Å²) in [4.78, 5) is 20.8. The fourth-order valence-electron chi connectivity index (χ4n) is 2.74. The van der Waals surface area contributed by atoms with Crippen LogP contribution >= 0.6 is 22.9 Å². The van der Waals surface area contributed by atoms with Gasteiger partial charge in [-0.1, -0.05) is 23.7 Å². The molecule has 1 amide bonds. The molecule has 4 aromatic rings. The van der Waals surface area contributed by atoms with Crippen LogP contribution in [0.2, 0.25) is 5.02 Å². The Morgan fingerprint density at radius 3 is 2.67 bits per heavy atom. The normalized spacial score (nSPS) is 10.7. The summed E-state index contributed by atoms with van der Waals surface area (Å²) in [6.45, 7) is 0. The molecule has 0 saturated heterocycles. The number of benzene rings is 2. The Labute approximate surface area is 165 Å². The Morgan fingerprint density at radius 1 is 1.15 bits per heavy atom. The van der Waals surface area contributed by atoms with Crippen LogP contribution in [0.1, 0.15) is 10.5 Å². The first-order chi connectivity index (χ1) is 13.1. The maximum Gasteiger partial charge on any atom is 0.275 e. The minimum Gasteiger partial charge on any atom is -0.333 e. The Balaban J connectivity index is 1.56. The number of nitrogens with zero attached hydrogens (tertiary/aromatic N) is 3. The number of nitrogens with one attached hydrogen (secondary N) is 1. The first-order valence-electron chi connectivity index (χ1n) is 8.19. The highest BCUT2D eigenvalue weighted by molar-refractivity contribution is 7.07. The van der Waals surface area contributed by atoms with E-state index in [4.69, 9.17) is 16.6 Å². The highest BCUT2D eigenvalue weighted by atomic mass is 35.5. The molecule has 134 valence electrons. The van der Waals surface area contributed by atoms with Crippen molar-refractivity contribution in [3.8, 4) is 22.6 Å². The number of imidazole rings is 1. The third kappa shape index (κ3) is 3.77. The number of aryl methyl sites for hydroxylation is 1. The topological polar surface area (TPSA) is 59.8 Å². The third-order valence-electron chi connectivity index (χ3n) is 4.06. The molecule has 27 heavy (non-hydrogen) atoms. The van der Waals surface area contributed by atoms with E-state index in [0.717, 1.165) is 22.6 Å². The summed E-state index contributed by atoms with van der Waals surface area (Å²) < 4.78 is 1.97. The van der Waals surface area contributed by atoms with Gasteiger partial charge in [0.15, 0.2) is 0 Å². The Morgan fingerprint density at radius 2 is 1.96 bits per heavy atom. The molecular weight excluding hydrogens is 380 g/mol. The number of hydrogen-bond acceptors (Lipinski definition) is 4. The molecule has 0 unspecified atom stereocenters. The standard InChI is InChI=1S/C20H15ClN4OS/c1-25-10-17(14-3-2-4-15(21)9-14)24-19(25)13-5-7-16(8-6-13)23-20(26)18-11-27-12-22-18/h2-12H,1H3,(H,23,26). The summed E-state index contributed by atoms with van der Waals surface area (Å²) in [5.74, 6) is 0.617. The summed E-state index contributed by atoms with van der Waals surface area (Å²) >= 11 is 7.47. The number of amides is 1. The number of carbonyl (C=O) groups excluding carboxylic acids is 1. The Hall–Kier alpha value is -2.96. The van der Waals surface area contributed by atoms with Gasteiger partial charge in [0.25, 0.3) is 5.91 Å². The van der Waals surface area contributed by atoms with E-state index < -0.39 is 0 Å². The second-order valence-electron chi connectivity index (χ2n) is 5.98. The van der Waals surface area contributed by atoms with Crippen LogP contribution in [-0.2, 0) is 7.05 Å². The quantitative estimate of drug-likeness (QED) is 0.522. The lowest BCUT2D eigenvalue weighted by molar-refractivity contribution is 0.102. The van der Waals surface area contributed by atoms with Gasteiger partial charge in [-0.2, -0.15) is 0 Å². The zero-order valence-corrected chi connectivity index (χ0v) is 16.0. The van der Waals surface area contributed by atoms with Crippen LogP contribution in [-0.4, -0.2) is 20.4 Å². The molecule has 1 N–H and O–H groups in total. The van der Waals surface area contributed by atoms with Gasteiger partial charge in [-0.05, 0) is 36.4 Å². The number of aromatic nitrogens is 3. The molecule has 5 nitrogen and oxygen atoms in total. The molecule has 7 heteroatoms. The number of hydrogen-bond donors (Lipinski definition) is 1. The minimum absolute atomic E-state index is 0.218. The molecule has 0 aliphatic carbocycles. The van der Waals surface area contributed by atoms with Crippen molar-refractivity contribution in [1.29, 1.82) is 0 Å². The van der Waals surface area contributed by atoms with Crippen LogP contribution in [0.25, 0.3) is 22.6 Å². The molecule has 0 bridgehead atoms. The van der Waals surface area contributed by atoms with Crippen molar-refractivity contribution in [2.45, 2.75) is 0 Å². The number of rotatable bonds is 4. The van der Waals surface area contributed by atoms with Gasteiger partial charge in [-0.25, -0.2) is 9.97 Å². The van der Waals surface area contributed by atoms with E-state index in [2.05, 4.69) is 10.3 Å². The molecule has 0 aliphatic heterocycles. The van der Waals surface area contributed by atoms with E-state index in [-0.39, 0.29) is 5.91 Å². The van der Waals surface area contributed by atoms with Gasteiger partial charge in [0, 0.05) is 40.5 Å². The molecule has 2 heterocycles. The molecule has 0 radical (unpaired) electrons. The van der Waals surface area contributed by atoms with Crippen molar-refractivity contribution >= 4 is 34.5 Å². The van der Waals surface area contributed by atoms with Crippen molar-refractivity contribution in [3.05, 3.63) is 76.3 Å². The number of halogens is 1. The zero-order chi connectivity index (χ0) is 18.8. The van der Waals surface area contributed by atoms with E-state index in [1.54, 1.807) is 10.9 Å². The van der Waals surface area contributed by atoms with Gasteiger partial charge in [0.05, 0.1) is 11.2 Å². The van der Waals surface area contributed by atoms with Gasteiger partial charge in [0.1, 0.15) is 11.5 Å². The summed E-state index contributed by atoms with van der Waals surface area (Å²) in [7, 11) is 1.95. The first kappa shape index (κ1) is 17.5. The lowest BCUT2D eigenvalue weighted by Crippen LogP contribution is -2.11. The van der Waals surface area contributed by atoms with E-state index >= 15 is 0 Å². The first-order valence-corrected chi connectivity index (χ1v) is 9.51. The van der Waals surface area contributed by atoms with Crippen molar-refractivity contribution in [2.24, 2.45) is 7.05 Å². The third-order valence-corrected chi connectivity index (χ3v) is 4.88. The molecule has 0 aliphatic rings. The average Bonchev–Trinajstić information content (AvgIpc) is 3.32. The molecule has 4 rings (SSSR count). The van der Waals surface area contributed by atoms with Crippen LogP contribution in [0.5, 0.6) is 0 Å². The number of carbonyl (C=O) groups is 1. The average molecular weight is 395 g/mol. The number of anilines is 1. The maximum atomic E-state index is 12.1. The van der Waals surface area contributed by atoms with Crippen LogP contribution in [0.15, 0.2) is 65.6 Å². The van der Waals surface area contributed by atoms with E-state index in [1.165, 1.54) is 11.3 Å². The molecule has 0 saturated carbocycles. The summed E-state index contributed by atoms with van der Waals surface area (Å²) in [5, 5.41) is 5.24. The van der Waals surface area contributed by atoms with Crippen LogP contribution in [0.4, 0.5) is 5.69 Å². The lowest BCUT2D eigenvalue weighted by Gasteiger charge is -2.05. The van der Waals surface area contributed by atoms with Gasteiger partial charge in [-0.3, -0.25) is 4.79 Å². The smallest absolute Gasteiger partial charge is 0.275 e. The van der Waals surface area contributed by atoms with Crippen molar-refractivity contribution in [2.75, 3.05) is 5.32 Å². The van der Waals surface area contributed by atoms with Crippen LogP contribution in [0, 0.1) is 0 Å². The van der Waals surface area contributed by atoms with E-state index in [9.17, 15) is 4.79 Å². The second-order valence-corrected chi connectivity index (χ2v) is 7.13. The van der Waals surface area contributed by atoms with Crippen molar-refractivity contribution < 1.29 is 4.79 Å². The highest BCUT2D eigenvalue weighted by Gasteiger charge is 2.11.